The van der Waals surface area contributed by atoms with Crippen LogP contribution in [0.5, 0.6) is 0 Å². The maximum Gasteiger partial charge on any atom is 0.220 e. The third kappa shape index (κ3) is 5.33. The molecule has 86 valence electrons. The van der Waals surface area contributed by atoms with E-state index in [4.69, 9.17) is 11.6 Å². The first-order valence-electron chi connectivity index (χ1n) is 4.92. The molecule has 4 heteroatoms. The van der Waals surface area contributed by atoms with Crippen LogP contribution in [0.2, 0.25) is 0 Å². The number of benzene rings is 1. The quantitative estimate of drug-likeness (QED) is 0.889. The summed E-state index contributed by atoms with van der Waals surface area (Å²) in [6.07, 6.45) is 1.18. The highest BCUT2D eigenvalue weighted by molar-refractivity contribution is 9.10. The number of rotatable bonds is 5. The average Bonchev–Trinajstić information content (AvgIpc) is 2.23. The summed E-state index contributed by atoms with van der Waals surface area (Å²) in [7, 11) is 0. The van der Waals surface area contributed by atoms with Crippen LogP contribution in [0.4, 0.5) is 0 Å². The maximum absolute atomic E-state index is 11.4. The summed E-state index contributed by atoms with van der Waals surface area (Å²) < 4.78 is 1.03. The molecule has 0 atom stereocenters. The van der Waals surface area contributed by atoms with E-state index >= 15 is 0 Å². The SMILES string of the molecule is C=C(Cl)CNC(=O)CCc1cccc(Br)c1. The first-order chi connectivity index (χ1) is 7.58. The molecule has 0 aromatic heterocycles. The second-order valence-corrected chi connectivity index (χ2v) is 4.87. The van der Waals surface area contributed by atoms with Gasteiger partial charge in [-0.2, -0.15) is 0 Å². The Bertz CT molecular complexity index is 392. The van der Waals surface area contributed by atoms with Gasteiger partial charge in [0, 0.05) is 15.9 Å². The van der Waals surface area contributed by atoms with E-state index in [1.165, 1.54) is 0 Å². The molecule has 1 rings (SSSR count). The summed E-state index contributed by atoms with van der Waals surface area (Å²) in [4.78, 5) is 11.4. The van der Waals surface area contributed by atoms with Crippen molar-refractivity contribution in [1.29, 1.82) is 0 Å². The minimum absolute atomic E-state index is 0.0122. The molecule has 1 amide bonds. The standard InChI is InChI=1S/C12H13BrClNO/c1-9(14)8-15-12(16)6-5-10-3-2-4-11(13)7-10/h2-4,7H,1,5-6,8H2,(H,15,16). The lowest BCUT2D eigenvalue weighted by molar-refractivity contribution is -0.120. The van der Waals surface area contributed by atoms with Gasteiger partial charge in [-0.3, -0.25) is 4.79 Å². The lowest BCUT2D eigenvalue weighted by Crippen LogP contribution is -2.24. The van der Waals surface area contributed by atoms with E-state index in [9.17, 15) is 4.79 Å². The van der Waals surface area contributed by atoms with Crippen molar-refractivity contribution in [3.63, 3.8) is 0 Å². The highest BCUT2D eigenvalue weighted by Crippen LogP contribution is 2.12. The number of amides is 1. The van der Waals surface area contributed by atoms with E-state index in [0.29, 0.717) is 18.0 Å². The molecular formula is C12H13BrClNO. The molecule has 0 fully saturated rings. The Morgan fingerprint density at radius 2 is 2.25 bits per heavy atom. The maximum atomic E-state index is 11.4. The molecule has 0 heterocycles. The predicted molar refractivity (Wildman–Crippen MR) is 70.5 cm³/mol. The lowest BCUT2D eigenvalue weighted by atomic mass is 10.1. The van der Waals surface area contributed by atoms with E-state index in [-0.39, 0.29) is 5.91 Å². The minimum Gasteiger partial charge on any atom is -0.351 e. The molecule has 0 aliphatic heterocycles. The van der Waals surface area contributed by atoms with Gasteiger partial charge in [0.15, 0.2) is 0 Å². The van der Waals surface area contributed by atoms with Gasteiger partial charge in [-0.15, -0.1) is 0 Å². The van der Waals surface area contributed by atoms with Crippen LogP contribution >= 0.6 is 27.5 Å². The third-order valence-corrected chi connectivity index (χ3v) is 2.63. The van der Waals surface area contributed by atoms with Crippen molar-refractivity contribution < 1.29 is 4.79 Å². The van der Waals surface area contributed by atoms with Crippen LogP contribution in [0.25, 0.3) is 0 Å². The zero-order valence-corrected chi connectivity index (χ0v) is 11.1. The van der Waals surface area contributed by atoms with Crippen molar-refractivity contribution in [2.24, 2.45) is 0 Å². The Morgan fingerprint density at radius 1 is 1.50 bits per heavy atom. The van der Waals surface area contributed by atoms with Crippen LogP contribution < -0.4 is 5.32 Å². The van der Waals surface area contributed by atoms with Gasteiger partial charge in [0.1, 0.15) is 0 Å². The Morgan fingerprint density at radius 3 is 2.88 bits per heavy atom. The smallest absolute Gasteiger partial charge is 0.220 e. The van der Waals surface area contributed by atoms with Crippen molar-refractivity contribution in [1.82, 2.24) is 5.32 Å². The van der Waals surface area contributed by atoms with Crippen molar-refractivity contribution >= 4 is 33.4 Å². The third-order valence-electron chi connectivity index (χ3n) is 2.01. The number of hydrogen-bond acceptors (Lipinski definition) is 1. The van der Waals surface area contributed by atoms with Gasteiger partial charge in [-0.25, -0.2) is 0 Å². The summed E-state index contributed by atoms with van der Waals surface area (Å²) in [6, 6.07) is 7.92. The topological polar surface area (TPSA) is 29.1 Å². The van der Waals surface area contributed by atoms with Crippen molar-refractivity contribution in [2.45, 2.75) is 12.8 Å². The van der Waals surface area contributed by atoms with E-state index < -0.39 is 0 Å². The van der Waals surface area contributed by atoms with Crippen molar-refractivity contribution in [3.05, 3.63) is 45.9 Å². The molecule has 0 bridgehead atoms. The van der Waals surface area contributed by atoms with Crippen molar-refractivity contribution in [2.75, 3.05) is 6.54 Å². The van der Waals surface area contributed by atoms with Gasteiger partial charge in [0.2, 0.25) is 5.91 Å². The van der Waals surface area contributed by atoms with Crippen LogP contribution in [0.15, 0.2) is 40.3 Å². The van der Waals surface area contributed by atoms with Gasteiger partial charge in [-0.1, -0.05) is 46.2 Å². The second-order valence-electron chi connectivity index (χ2n) is 3.42. The Labute approximate surface area is 109 Å². The first kappa shape index (κ1) is 13.3. The Hall–Kier alpha value is -0.800. The molecule has 1 aromatic carbocycles. The van der Waals surface area contributed by atoms with Gasteiger partial charge >= 0.3 is 0 Å². The van der Waals surface area contributed by atoms with Crippen LogP contribution in [0.3, 0.4) is 0 Å². The molecule has 0 unspecified atom stereocenters. The van der Waals surface area contributed by atoms with Crippen molar-refractivity contribution in [3.8, 4) is 0 Å². The molecule has 1 N–H and O–H groups in total. The van der Waals surface area contributed by atoms with Crippen LogP contribution in [-0.2, 0) is 11.2 Å². The zero-order chi connectivity index (χ0) is 12.0. The van der Waals surface area contributed by atoms with E-state index in [0.717, 1.165) is 16.5 Å². The molecular weight excluding hydrogens is 289 g/mol. The monoisotopic (exact) mass is 301 g/mol. The minimum atomic E-state index is -0.0122. The summed E-state index contributed by atoms with van der Waals surface area (Å²) in [6.45, 7) is 3.83. The summed E-state index contributed by atoms with van der Waals surface area (Å²) in [5.74, 6) is -0.0122. The molecule has 0 spiro atoms. The predicted octanol–water partition coefficient (Wildman–Crippen LogP) is 3.25. The fourth-order valence-corrected chi connectivity index (χ4v) is 1.75. The van der Waals surface area contributed by atoms with Gasteiger partial charge < -0.3 is 5.32 Å². The van der Waals surface area contributed by atoms with Gasteiger partial charge in [0.05, 0.1) is 6.54 Å². The fourth-order valence-electron chi connectivity index (χ4n) is 1.23. The number of carbonyl (C=O) groups is 1. The number of hydrogen-bond donors (Lipinski definition) is 1. The normalized spacial score (nSPS) is 9.88. The Balaban J connectivity index is 2.34. The molecule has 1 aromatic rings. The average molecular weight is 303 g/mol. The Kier molecular flexibility index (Phi) is 5.56. The second kappa shape index (κ2) is 6.71. The number of nitrogens with one attached hydrogen (secondary N) is 1. The summed E-state index contributed by atoms with van der Waals surface area (Å²) >= 11 is 8.93. The summed E-state index contributed by atoms with van der Waals surface area (Å²) in [5.41, 5.74) is 1.13. The van der Waals surface area contributed by atoms with E-state index in [2.05, 4.69) is 27.8 Å². The summed E-state index contributed by atoms with van der Waals surface area (Å²) in [5, 5.41) is 3.13. The highest BCUT2D eigenvalue weighted by atomic mass is 79.9. The first-order valence-corrected chi connectivity index (χ1v) is 6.09. The molecule has 0 aliphatic rings. The van der Waals surface area contributed by atoms with Gasteiger partial charge in [-0.05, 0) is 24.1 Å². The molecule has 0 aliphatic carbocycles. The van der Waals surface area contributed by atoms with E-state index in [1.807, 2.05) is 24.3 Å². The van der Waals surface area contributed by atoms with Crippen LogP contribution in [0.1, 0.15) is 12.0 Å². The fraction of sp³-hybridized carbons (Fsp3) is 0.250. The number of halogens is 2. The molecule has 0 radical (unpaired) electrons. The molecule has 0 saturated heterocycles. The highest BCUT2D eigenvalue weighted by Gasteiger charge is 2.02. The van der Waals surface area contributed by atoms with Crippen LogP contribution in [0, 0.1) is 0 Å². The van der Waals surface area contributed by atoms with Crippen LogP contribution in [-0.4, -0.2) is 12.5 Å². The lowest BCUT2D eigenvalue weighted by Gasteiger charge is -2.04. The van der Waals surface area contributed by atoms with E-state index in [1.54, 1.807) is 0 Å². The molecule has 16 heavy (non-hydrogen) atoms. The largest absolute Gasteiger partial charge is 0.351 e. The molecule has 0 saturated carbocycles. The number of aryl methyl sites for hydroxylation is 1. The zero-order valence-electron chi connectivity index (χ0n) is 8.80. The van der Waals surface area contributed by atoms with Gasteiger partial charge in [0.25, 0.3) is 0 Å². The molecule has 2 nitrogen and oxygen atoms in total. The number of carbonyl (C=O) groups excluding carboxylic acids is 1.